The van der Waals surface area contributed by atoms with Crippen molar-refractivity contribution >= 4 is 17.8 Å². The molecule has 102 valence electrons. The SMILES string of the molecule is O=C(O)CC(NC(=O)c1cccc(F)c1F)C(=O)O. The normalized spacial score (nSPS) is 11.7. The predicted molar refractivity (Wildman–Crippen MR) is 57.5 cm³/mol. The van der Waals surface area contributed by atoms with Crippen LogP contribution in [0.2, 0.25) is 0 Å². The van der Waals surface area contributed by atoms with E-state index in [4.69, 9.17) is 10.2 Å². The zero-order valence-corrected chi connectivity index (χ0v) is 9.39. The molecule has 8 heteroatoms. The van der Waals surface area contributed by atoms with E-state index in [1.165, 1.54) is 0 Å². The number of hydrogen-bond donors (Lipinski definition) is 3. The van der Waals surface area contributed by atoms with Crippen molar-refractivity contribution in [3.63, 3.8) is 0 Å². The number of rotatable bonds is 5. The Kier molecular flexibility index (Phi) is 4.51. The monoisotopic (exact) mass is 273 g/mol. The summed E-state index contributed by atoms with van der Waals surface area (Å²) in [5.41, 5.74) is -0.698. The molecule has 0 aliphatic carbocycles. The van der Waals surface area contributed by atoms with Gasteiger partial charge in [-0.3, -0.25) is 9.59 Å². The number of carboxylic acid groups (broad SMARTS) is 2. The Morgan fingerprint density at radius 3 is 2.37 bits per heavy atom. The van der Waals surface area contributed by atoms with Crippen LogP contribution >= 0.6 is 0 Å². The molecule has 0 spiro atoms. The van der Waals surface area contributed by atoms with Gasteiger partial charge in [0, 0.05) is 0 Å². The van der Waals surface area contributed by atoms with Crippen LogP contribution in [0.3, 0.4) is 0 Å². The van der Waals surface area contributed by atoms with Gasteiger partial charge in [0.15, 0.2) is 11.6 Å². The summed E-state index contributed by atoms with van der Waals surface area (Å²) in [5.74, 6) is -6.94. The van der Waals surface area contributed by atoms with Crippen LogP contribution in [0.15, 0.2) is 18.2 Å². The van der Waals surface area contributed by atoms with E-state index in [2.05, 4.69) is 0 Å². The van der Waals surface area contributed by atoms with E-state index in [0.717, 1.165) is 18.2 Å². The summed E-state index contributed by atoms with van der Waals surface area (Å²) in [6.07, 6.45) is -0.877. The quantitative estimate of drug-likeness (QED) is 0.729. The first-order valence-electron chi connectivity index (χ1n) is 5.02. The van der Waals surface area contributed by atoms with E-state index in [-0.39, 0.29) is 0 Å². The number of carbonyl (C=O) groups is 3. The van der Waals surface area contributed by atoms with Gasteiger partial charge in [-0.2, -0.15) is 0 Å². The van der Waals surface area contributed by atoms with Crippen molar-refractivity contribution in [3.05, 3.63) is 35.4 Å². The maximum absolute atomic E-state index is 13.3. The van der Waals surface area contributed by atoms with Gasteiger partial charge in [-0.1, -0.05) is 6.07 Å². The van der Waals surface area contributed by atoms with E-state index < -0.39 is 47.5 Å². The first-order chi connectivity index (χ1) is 8.82. The summed E-state index contributed by atoms with van der Waals surface area (Å²) in [5, 5.41) is 19.0. The number of benzene rings is 1. The lowest BCUT2D eigenvalue weighted by Crippen LogP contribution is -2.42. The molecule has 1 aromatic carbocycles. The van der Waals surface area contributed by atoms with E-state index in [9.17, 15) is 23.2 Å². The van der Waals surface area contributed by atoms with Gasteiger partial charge in [-0.25, -0.2) is 13.6 Å². The number of nitrogens with one attached hydrogen (secondary N) is 1. The van der Waals surface area contributed by atoms with Crippen molar-refractivity contribution in [2.45, 2.75) is 12.5 Å². The summed E-state index contributed by atoms with van der Waals surface area (Å²) >= 11 is 0. The van der Waals surface area contributed by atoms with Gasteiger partial charge < -0.3 is 15.5 Å². The number of amides is 1. The Bertz CT molecular complexity index is 532. The van der Waals surface area contributed by atoms with Crippen LogP contribution in [0.5, 0.6) is 0 Å². The molecule has 3 N–H and O–H groups in total. The Labute approximate surface area is 105 Å². The molecule has 1 amide bonds. The van der Waals surface area contributed by atoms with Crippen molar-refractivity contribution in [2.24, 2.45) is 0 Å². The van der Waals surface area contributed by atoms with E-state index in [1.54, 1.807) is 5.32 Å². The molecule has 0 radical (unpaired) electrons. The topological polar surface area (TPSA) is 104 Å². The van der Waals surface area contributed by atoms with Crippen LogP contribution in [0, 0.1) is 11.6 Å². The molecule has 19 heavy (non-hydrogen) atoms. The summed E-state index contributed by atoms with van der Waals surface area (Å²) in [6, 6.07) is 1.08. The third-order valence-electron chi connectivity index (χ3n) is 2.18. The number of hydrogen-bond acceptors (Lipinski definition) is 3. The minimum absolute atomic E-state index is 0.698. The zero-order valence-electron chi connectivity index (χ0n) is 9.39. The van der Waals surface area contributed by atoms with Crippen LogP contribution < -0.4 is 5.32 Å². The largest absolute Gasteiger partial charge is 0.481 e. The molecule has 1 atom stereocenters. The van der Waals surface area contributed by atoms with Crippen LogP contribution in [0.1, 0.15) is 16.8 Å². The lowest BCUT2D eigenvalue weighted by Gasteiger charge is -2.12. The van der Waals surface area contributed by atoms with Gasteiger partial charge in [0.1, 0.15) is 6.04 Å². The highest BCUT2D eigenvalue weighted by atomic mass is 19.2. The van der Waals surface area contributed by atoms with E-state index >= 15 is 0 Å². The number of carboxylic acids is 2. The number of aliphatic carboxylic acids is 2. The molecule has 0 saturated heterocycles. The van der Waals surface area contributed by atoms with Crippen LogP contribution in [0.4, 0.5) is 8.78 Å². The second-order valence-corrected chi connectivity index (χ2v) is 3.56. The third kappa shape index (κ3) is 3.73. The molecular weight excluding hydrogens is 264 g/mol. The first kappa shape index (κ1) is 14.6. The Balaban J connectivity index is 2.91. The molecule has 0 aromatic heterocycles. The fourth-order valence-corrected chi connectivity index (χ4v) is 1.29. The van der Waals surface area contributed by atoms with Crippen molar-refractivity contribution < 1.29 is 33.4 Å². The van der Waals surface area contributed by atoms with Gasteiger partial charge in [-0.05, 0) is 12.1 Å². The Morgan fingerprint density at radius 2 is 1.84 bits per heavy atom. The molecule has 0 heterocycles. The average Bonchev–Trinajstić information content (AvgIpc) is 2.31. The van der Waals surface area contributed by atoms with Crippen molar-refractivity contribution in [1.82, 2.24) is 5.32 Å². The summed E-state index contributed by atoms with van der Waals surface area (Å²) in [4.78, 5) is 32.7. The fourth-order valence-electron chi connectivity index (χ4n) is 1.29. The second-order valence-electron chi connectivity index (χ2n) is 3.56. The molecule has 1 unspecified atom stereocenters. The van der Waals surface area contributed by atoms with E-state index in [1.807, 2.05) is 0 Å². The third-order valence-corrected chi connectivity index (χ3v) is 2.18. The second kappa shape index (κ2) is 5.89. The summed E-state index contributed by atoms with van der Waals surface area (Å²) in [7, 11) is 0. The smallest absolute Gasteiger partial charge is 0.326 e. The van der Waals surface area contributed by atoms with Gasteiger partial charge in [0.2, 0.25) is 0 Å². The predicted octanol–water partition coefficient (Wildman–Crippen LogP) is 0.622. The zero-order chi connectivity index (χ0) is 14.6. The van der Waals surface area contributed by atoms with E-state index in [0.29, 0.717) is 0 Å². The minimum atomic E-state index is -1.73. The van der Waals surface area contributed by atoms with Crippen molar-refractivity contribution in [3.8, 4) is 0 Å². The molecule has 0 aliphatic heterocycles. The number of carbonyl (C=O) groups excluding carboxylic acids is 1. The molecule has 0 saturated carbocycles. The summed E-state index contributed by atoms with van der Waals surface area (Å²) in [6.45, 7) is 0. The fraction of sp³-hybridized carbons (Fsp3) is 0.182. The van der Waals surface area contributed by atoms with Gasteiger partial charge >= 0.3 is 11.9 Å². The molecule has 6 nitrogen and oxygen atoms in total. The maximum atomic E-state index is 13.3. The average molecular weight is 273 g/mol. The first-order valence-corrected chi connectivity index (χ1v) is 5.02. The Morgan fingerprint density at radius 1 is 1.21 bits per heavy atom. The Hall–Kier alpha value is -2.51. The van der Waals surface area contributed by atoms with Crippen LogP contribution in [-0.4, -0.2) is 34.1 Å². The highest BCUT2D eigenvalue weighted by molar-refractivity contribution is 5.97. The highest BCUT2D eigenvalue weighted by Gasteiger charge is 2.25. The van der Waals surface area contributed by atoms with Crippen molar-refractivity contribution in [1.29, 1.82) is 0 Å². The van der Waals surface area contributed by atoms with Gasteiger partial charge in [0.25, 0.3) is 5.91 Å². The molecule has 1 rings (SSSR count). The lowest BCUT2D eigenvalue weighted by atomic mass is 10.1. The molecule has 0 bridgehead atoms. The minimum Gasteiger partial charge on any atom is -0.481 e. The molecule has 0 aliphatic rings. The molecule has 1 aromatic rings. The summed E-state index contributed by atoms with van der Waals surface area (Å²) < 4.78 is 26.1. The van der Waals surface area contributed by atoms with Gasteiger partial charge in [0.05, 0.1) is 12.0 Å². The number of halogens is 2. The van der Waals surface area contributed by atoms with Crippen molar-refractivity contribution in [2.75, 3.05) is 0 Å². The van der Waals surface area contributed by atoms with Crippen LogP contribution in [-0.2, 0) is 9.59 Å². The van der Waals surface area contributed by atoms with Crippen LogP contribution in [0.25, 0.3) is 0 Å². The molecular formula is C11H9F2NO5. The van der Waals surface area contributed by atoms with Gasteiger partial charge in [-0.15, -0.1) is 0 Å². The molecule has 0 fully saturated rings. The highest BCUT2D eigenvalue weighted by Crippen LogP contribution is 2.11. The lowest BCUT2D eigenvalue weighted by molar-refractivity contribution is -0.145. The standard InChI is InChI=1S/C11H9F2NO5/c12-6-3-1-2-5(9(6)13)10(17)14-7(11(18)19)4-8(15)16/h1-3,7H,4H2,(H,14,17)(H,15,16)(H,18,19). The maximum Gasteiger partial charge on any atom is 0.326 e.